The summed E-state index contributed by atoms with van der Waals surface area (Å²) >= 11 is 1.63. The lowest BCUT2D eigenvalue weighted by atomic mass is 10.1. The van der Waals surface area contributed by atoms with Crippen LogP contribution >= 0.6 is 11.3 Å². The van der Waals surface area contributed by atoms with Crippen molar-refractivity contribution in [2.75, 3.05) is 13.2 Å². The van der Waals surface area contributed by atoms with E-state index in [1.54, 1.807) is 11.3 Å². The molecule has 1 aliphatic heterocycles. The number of terminal acetylenes is 1. The fourth-order valence-corrected chi connectivity index (χ4v) is 2.72. The first kappa shape index (κ1) is 10.2. The number of hydrogen-bond acceptors (Lipinski definition) is 3. The minimum Gasteiger partial charge on any atom is -0.485 e. The first-order valence-electron chi connectivity index (χ1n) is 5.32. The second kappa shape index (κ2) is 4.15. The van der Waals surface area contributed by atoms with E-state index in [1.165, 1.54) is 0 Å². The summed E-state index contributed by atoms with van der Waals surface area (Å²) in [6, 6.07) is 7.90. The Morgan fingerprint density at radius 2 is 1.88 bits per heavy atom. The predicted molar refractivity (Wildman–Crippen MR) is 68.7 cm³/mol. The van der Waals surface area contributed by atoms with Gasteiger partial charge in [0.25, 0.3) is 0 Å². The quantitative estimate of drug-likeness (QED) is 0.715. The first-order valence-corrected chi connectivity index (χ1v) is 6.20. The topological polar surface area (TPSA) is 18.5 Å². The van der Waals surface area contributed by atoms with Gasteiger partial charge in [0.2, 0.25) is 0 Å². The van der Waals surface area contributed by atoms with Crippen LogP contribution in [0.15, 0.2) is 29.6 Å². The van der Waals surface area contributed by atoms with Gasteiger partial charge >= 0.3 is 0 Å². The highest BCUT2D eigenvalue weighted by Crippen LogP contribution is 2.45. The van der Waals surface area contributed by atoms with Crippen molar-refractivity contribution in [1.29, 1.82) is 0 Å². The van der Waals surface area contributed by atoms with Gasteiger partial charge in [-0.15, -0.1) is 17.8 Å². The van der Waals surface area contributed by atoms with Crippen LogP contribution in [0.25, 0.3) is 10.4 Å². The van der Waals surface area contributed by atoms with Crippen LogP contribution in [-0.4, -0.2) is 13.2 Å². The van der Waals surface area contributed by atoms with Crippen molar-refractivity contribution >= 4 is 11.3 Å². The molecular formula is C14H10O2S. The van der Waals surface area contributed by atoms with E-state index < -0.39 is 0 Å². The Hall–Kier alpha value is -1.92. The highest BCUT2D eigenvalue weighted by atomic mass is 32.1. The van der Waals surface area contributed by atoms with Crippen LogP contribution in [-0.2, 0) is 0 Å². The van der Waals surface area contributed by atoms with Crippen LogP contribution in [0.4, 0.5) is 0 Å². The molecule has 84 valence electrons. The lowest BCUT2D eigenvalue weighted by molar-refractivity contribution is 0.174. The lowest BCUT2D eigenvalue weighted by Gasteiger charge is -2.16. The molecule has 0 N–H and O–H groups in total. The Morgan fingerprint density at radius 1 is 1.12 bits per heavy atom. The zero-order chi connectivity index (χ0) is 11.7. The van der Waals surface area contributed by atoms with Crippen LogP contribution in [0.3, 0.4) is 0 Å². The summed E-state index contributed by atoms with van der Waals surface area (Å²) in [7, 11) is 0. The highest BCUT2D eigenvalue weighted by molar-refractivity contribution is 7.14. The molecule has 0 atom stereocenters. The van der Waals surface area contributed by atoms with Crippen LogP contribution in [0.5, 0.6) is 11.5 Å². The molecule has 1 aromatic heterocycles. The summed E-state index contributed by atoms with van der Waals surface area (Å²) in [5, 5.41) is 1.99. The lowest BCUT2D eigenvalue weighted by Crippen LogP contribution is -2.14. The van der Waals surface area contributed by atoms with Crippen LogP contribution in [0.1, 0.15) is 5.56 Å². The van der Waals surface area contributed by atoms with E-state index in [9.17, 15) is 0 Å². The fraction of sp³-hybridized carbons (Fsp3) is 0.143. The zero-order valence-corrected chi connectivity index (χ0v) is 9.92. The first-order chi connectivity index (χ1) is 8.38. The number of ether oxygens (including phenoxy) is 2. The third-order valence-corrected chi connectivity index (χ3v) is 3.60. The molecule has 3 heteroatoms. The maximum Gasteiger partial charge on any atom is 0.179 e. The predicted octanol–water partition coefficient (Wildman–Crippen LogP) is 3.17. The molecule has 1 aromatic carbocycles. The molecule has 0 amide bonds. The van der Waals surface area contributed by atoms with Gasteiger partial charge in [0.05, 0.1) is 4.88 Å². The van der Waals surface area contributed by atoms with E-state index in [0.29, 0.717) is 13.2 Å². The molecule has 3 rings (SSSR count). The Labute approximate surface area is 104 Å². The Kier molecular flexibility index (Phi) is 2.50. The summed E-state index contributed by atoms with van der Waals surface area (Å²) in [6.45, 7) is 1.23. The molecule has 0 radical (unpaired) electrons. The largest absolute Gasteiger partial charge is 0.485 e. The minimum absolute atomic E-state index is 0.610. The Morgan fingerprint density at radius 3 is 2.65 bits per heavy atom. The van der Waals surface area contributed by atoms with Gasteiger partial charge in [-0.25, -0.2) is 0 Å². The zero-order valence-electron chi connectivity index (χ0n) is 9.10. The molecule has 0 aliphatic carbocycles. The molecular weight excluding hydrogens is 232 g/mol. The van der Waals surface area contributed by atoms with Crippen LogP contribution in [0.2, 0.25) is 0 Å². The van der Waals surface area contributed by atoms with Crippen molar-refractivity contribution < 1.29 is 9.47 Å². The van der Waals surface area contributed by atoms with Gasteiger partial charge in [-0.1, -0.05) is 18.1 Å². The normalized spacial score (nSPS) is 13.1. The van der Waals surface area contributed by atoms with E-state index in [2.05, 4.69) is 5.92 Å². The molecule has 2 aromatic rings. The molecule has 0 spiro atoms. The van der Waals surface area contributed by atoms with Crippen molar-refractivity contribution in [2.24, 2.45) is 0 Å². The van der Waals surface area contributed by atoms with Gasteiger partial charge in [-0.3, -0.25) is 0 Å². The molecule has 0 unspecified atom stereocenters. The van der Waals surface area contributed by atoms with Crippen molar-refractivity contribution in [3.05, 3.63) is 35.2 Å². The second-order valence-electron chi connectivity index (χ2n) is 3.68. The van der Waals surface area contributed by atoms with Gasteiger partial charge in [-0.05, 0) is 17.7 Å². The number of rotatable bonds is 1. The van der Waals surface area contributed by atoms with Gasteiger partial charge in [0.15, 0.2) is 11.5 Å². The molecule has 0 fully saturated rings. The molecule has 17 heavy (non-hydrogen) atoms. The number of fused-ring (bicyclic) bond motifs is 1. The standard InChI is InChI=1S/C14H10O2S/c1-2-10-3-5-11(6-4-10)14-13-12(9-17-14)15-7-8-16-13/h1,3-6,9H,7-8H2. The fourth-order valence-electron chi connectivity index (χ4n) is 1.78. The van der Waals surface area contributed by atoms with Crippen molar-refractivity contribution in [1.82, 2.24) is 0 Å². The third-order valence-electron chi connectivity index (χ3n) is 2.61. The molecule has 0 saturated heterocycles. The summed E-state index contributed by atoms with van der Waals surface area (Å²) in [5.41, 5.74) is 2.00. The van der Waals surface area contributed by atoms with Crippen molar-refractivity contribution in [3.8, 4) is 34.3 Å². The third kappa shape index (κ3) is 1.77. The molecule has 0 saturated carbocycles. The van der Waals surface area contributed by atoms with E-state index in [-0.39, 0.29) is 0 Å². The van der Waals surface area contributed by atoms with E-state index in [4.69, 9.17) is 15.9 Å². The summed E-state index contributed by atoms with van der Waals surface area (Å²) in [6.07, 6.45) is 5.34. The van der Waals surface area contributed by atoms with E-state index >= 15 is 0 Å². The van der Waals surface area contributed by atoms with Gasteiger partial charge in [0, 0.05) is 10.9 Å². The van der Waals surface area contributed by atoms with Gasteiger partial charge in [-0.2, -0.15) is 0 Å². The number of thiophene rings is 1. The van der Waals surface area contributed by atoms with Crippen LogP contribution < -0.4 is 9.47 Å². The van der Waals surface area contributed by atoms with Gasteiger partial charge < -0.3 is 9.47 Å². The van der Waals surface area contributed by atoms with Gasteiger partial charge in [0.1, 0.15) is 13.2 Å². The Bertz CT molecular complexity index is 575. The van der Waals surface area contributed by atoms with Crippen molar-refractivity contribution in [2.45, 2.75) is 0 Å². The van der Waals surface area contributed by atoms with E-state index in [1.807, 2.05) is 29.6 Å². The summed E-state index contributed by atoms with van der Waals surface area (Å²) < 4.78 is 11.2. The summed E-state index contributed by atoms with van der Waals surface area (Å²) in [5.74, 6) is 4.31. The SMILES string of the molecule is C#Cc1ccc(-c2scc3c2OCCO3)cc1. The average Bonchev–Trinajstić information content (AvgIpc) is 2.83. The highest BCUT2D eigenvalue weighted by Gasteiger charge is 2.19. The smallest absolute Gasteiger partial charge is 0.179 e. The summed E-state index contributed by atoms with van der Waals surface area (Å²) in [4.78, 5) is 1.10. The Balaban J connectivity index is 2.03. The van der Waals surface area contributed by atoms with Crippen LogP contribution in [0, 0.1) is 12.3 Å². The van der Waals surface area contributed by atoms with E-state index in [0.717, 1.165) is 27.5 Å². The maximum atomic E-state index is 5.65. The molecule has 2 heterocycles. The average molecular weight is 242 g/mol. The number of benzene rings is 1. The molecule has 0 bridgehead atoms. The second-order valence-corrected chi connectivity index (χ2v) is 4.56. The minimum atomic E-state index is 0.610. The maximum absolute atomic E-state index is 5.65. The molecule has 1 aliphatic rings. The van der Waals surface area contributed by atoms with Crippen molar-refractivity contribution in [3.63, 3.8) is 0 Å². The monoisotopic (exact) mass is 242 g/mol. The molecule has 2 nitrogen and oxygen atoms in total. The number of hydrogen-bond donors (Lipinski definition) is 0.